The second-order valence-electron chi connectivity index (χ2n) is 12.2. The van der Waals surface area contributed by atoms with Gasteiger partial charge in [0.15, 0.2) is 11.6 Å². The summed E-state index contributed by atoms with van der Waals surface area (Å²) in [5, 5.41) is 4.63. The molecule has 0 radical (unpaired) electrons. The van der Waals surface area contributed by atoms with Gasteiger partial charge in [-0.3, -0.25) is 4.57 Å². The van der Waals surface area contributed by atoms with Gasteiger partial charge in [0.05, 0.1) is 22.1 Å². The van der Waals surface area contributed by atoms with Crippen LogP contribution < -0.4 is 0 Å². The van der Waals surface area contributed by atoms with Crippen molar-refractivity contribution in [3.05, 3.63) is 151 Å². The minimum absolute atomic E-state index is 0.531. The van der Waals surface area contributed by atoms with Crippen molar-refractivity contribution in [1.82, 2.24) is 29.1 Å². The monoisotopic (exact) mass is 616 g/mol. The summed E-state index contributed by atoms with van der Waals surface area (Å²) in [6.45, 7) is 0. The second-order valence-corrected chi connectivity index (χ2v) is 12.2. The lowest BCUT2D eigenvalue weighted by Crippen LogP contribution is -2.08. The molecule has 0 N–H and O–H groups in total. The van der Waals surface area contributed by atoms with Crippen molar-refractivity contribution < 1.29 is 0 Å². The van der Waals surface area contributed by atoms with E-state index in [1.807, 2.05) is 54.6 Å². The summed E-state index contributed by atoms with van der Waals surface area (Å²) in [7, 11) is 0. The molecule has 0 saturated carbocycles. The number of aromatic nitrogens is 6. The lowest BCUT2D eigenvalue weighted by atomic mass is 10.00. The van der Waals surface area contributed by atoms with E-state index in [9.17, 15) is 0 Å². The van der Waals surface area contributed by atoms with Crippen molar-refractivity contribution >= 4 is 49.7 Å². The largest absolute Gasteiger partial charge is 0.308 e. The molecule has 0 atom stereocenters. The quantitative estimate of drug-likeness (QED) is 0.198. The van der Waals surface area contributed by atoms with Crippen LogP contribution >= 0.6 is 0 Å². The Kier molecular flexibility index (Phi) is 5.90. The Morgan fingerprint density at radius 2 is 1.25 bits per heavy atom. The van der Waals surface area contributed by atoms with Gasteiger partial charge in [-0.15, -0.1) is 0 Å². The first-order valence-corrected chi connectivity index (χ1v) is 16.3. The van der Waals surface area contributed by atoms with E-state index < -0.39 is 0 Å². The highest BCUT2D eigenvalue weighted by atomic mass is 15.2. The number of hydrogen-bond donors (Lipinski definition) is 0. The van der Waals surface area contributed by atoms with Gasteiger partial charge in [-0.2, -0.15) is 9.97 Å². The lowest BCUT2D eigenvalue weighted by Gasteiger charge is -2.14. The summed E-state index contributed by atoms with van der Waals surface area (Å²) in [6, 6.07) is 46.1. The number of hydrogen-bond acceptors (Lipinski definition) is 4. The van der Waals surface area contributed by atoms with Gasteiger partial charge >= 0.3 is 0 Å². The zero-order chi connectivity index (χ0) is 31.6. The van der Waals surface area contributed by atoms with E-state index in [2.05, 4.69) is 100 Å². The number of pyridine rings is 1. The Morgan fingerprint density at radius 1 is 0.521 bits per heavy atom. The van der Waals surface area contributed by atoms with Crippen LogP contribution in [-0.4, -0.2) is 29.1 Å². The van der Waals surface area contributed by atoms with Crippen LogP contribution in [0.4, 0.5) is 0 Å². The maximum absolute atomic E-state index is 5.22. The summed E-state index contributed by atoms with van der Waals surface area (Å²) >= 11 is 0. The normalized spacial score (nSPS) is 12.8. The minimum Gasteiger partial charge on any atom is -0.308 e. The molecule has 48 heavy (non-hydrogen) atoms. The predicted molar refractivity (Wildman–Crippen MR) is 195 cm³/mol. The molecular weight excluding hydrogens is 589 g/mol. The van der Waals surface area contributed by atoms with E-state index in [1.165, 1.54) is 16.6 Å². The van der Waals surface area contributed by atoms with Gasteiger partial charge in [-0.25, -0.2) is 9.97 Å². The molecule has 6 nitrogen and oxygen atoms in total. The number of aryl methyl sites for hydroxylation is 1. The Morgan fingerprint density at radius 3 is 2.15 bits per heavy atom. The van der Waals surface area contributed by atoms with Crippen molar-refractivity contribution in [2.45, 2.75) is 12.8 Å². The van der Waals surface area contributed by atoms with Crippen LogP contribution in [0.2, 0.25) is 0 Å². The molecule has 0 bridgehead atoms. The molecule has 9 aromatic rings. The highest BCUT2D eigenvalue weighted by Gasteiger charge is 2.25. The van der Waals surface area contributed by atoms with Crippen LogP contribution in [0.25, 0.3) is 84.2 Å². The third-order valence-corrected chi connectivity index (χ3v) is 9.44. The number of nitrogens with zero attached hydrogens (tertiary/aromatic N) is 6. The van der Waals surface area contributed by atoms with E-state index in [-0.39, 0.29) is 0 Å². The molecule has 4 aromatic heterocycles. The molecular formula is C42H28N6. The zero-order valence-electron chi connectivity index (χ0n) is 26.0. The van der Waals surface area contributed by atoms with E-state index in [0.717, 1.165) is 62.3 Å². The summed E-state index contributed by atoms with van der Waals surface area (Å²) in [6.07, 6.45) is 6.59. The van der Waals surface area contributed by atoms with Crippen molar-refractivity contribution in [3.63, 3.8) is 0 Å². The third kappa shape index (κ3) is 4.06. The Bertz CT molecular complexity index is 2720. The van der Waals surface area contributed by atoms with E-state index in [1.54, 1.807) is 0 Å². The van der Waals surface area contributed by atoms with Crippen LogP contribution in [0, 0.1) is 0 Å². The number of para-hydroxylation sites is 3. The second kappa shape index (κ2) is 10.6. The smallest absolute Gasteiger partial charge is 0.238 e. The number of allylic oxidation sites excluding steroid dienone is 1. The molecule has 226 valence electrons. The molecule has 1 aliphatic carbocycles. The fraction of sp³-hybridized carbons (Fsp3) is 0.0476. The molecule has 0 unspecified atom stereocenters. The van der Waals surface area contributed by atoms with Crippen molar-refractivity contribution in [3.8, 4) is 34.5 Å². The van der Waals surface area contributed by atoms with E-state index in [0.29, 0.717) is 23.3 Å². The SMILES string of the molecule is C1=Cc2c(c3ccc4c5ccccc5n(-c5nc(-c6ccccc6)nc(-c6ccc7ccccc7n6)n5)c4c3n2-c2ccccc2)CC1. The molecule has 0 fully saturated rings. The maximum atomic E-state index is 5.22. The van der Waals surface area contributed by atoms with Crippen LogP contribution in [0.3, 0.4) is 0 Å². The zero-order valence-corrected chi connectivity index (χ0v) is 26.0. The topological polar surface area (TPSA) is 61.4 Å². The lowest BCUT2D eigenvalue weighted by molar-refractivity contribution is 0.947. The third-order valence-electron chi connectivity index (χ3n) is 9.44. The van der Waals surface area contributed by atoms with Crippen LogP contribution in [0.5, 0.6) is 0 Å². The molecule has 5 aromatic carbocycles. The molecule has 10 rings (SSSR count). The molecule has 0 saturated heterocycles. The number of benzene rings is 5. The maximum Gasteiger partial charge on any atom is 0.238 e. The van der Waals surface area contributed by atoms with Gasteiger partial charge in [-0.05, 0) is 54.8 Å². The highest BCUT2D eigenvalue weighted by Crippen LogP contribution is 2.42. The summed E-state index contributed by atoms with van der Waals surface area (Å²) in [5.41, 5.74) is 9.51. The van der Waals surface area contributed by atoms with Crippen molar-refractivity contribution in [2.24, 2.45) is 0 Å². The van der Waals surface area contributed by atoms with Gasteiger partial charge in [-0.1, -0.05) is 109 Å². The van der Waals surface area contributed by atoms with E-state index >= 15 is 0 Å². The van der Waals surface area contributed by atoms with Gasteiger partial charge in [0.1, 0.15) is 5.69 Å². The standard InChI is InChI=1S/C42H28N6/c1-3-14-28(15-4-1)40-44-41(35-26-23-27-13-7-10-20-34(27)43-35)46-42(45-40)48-37-22-12-9-19-31(37)33-25-24-32-30-18-8-11-21-36(30)47(38(32)39(33)48)29-16-5-2-6-17-29/h1-7,9-17,19-26H,8,18H2. The fourth-order valence-corrected chi connectivity index (χ4v) is 7.30. The summed E-state index contributed by atoms with van der Waals surface area (Å²) in [5.74, 6) is 1.69. The van der Waals surface area contributed by atoms with Crippen LogP contribution in [0.15, 0.2) is 140 Å². The first-order chi connectivity index (χ1) is 23.8. The Labute approximate surface area is 276 Å². The Hall–Kier alpha value is -6.40. The van der Waals surface area contributed by atoms with Gasteiger partial charge < -0.3 is 4.57 Å². The number of fused-ring (bicyclic) bond motifs is 8. The van der Waals surface area contributed by atoms with Gasteiger partial charge in [0.25, 0.3) is 0 Å². The van der Waals surface area contributed by atoms with Gasteiger partial charge in [0, 0.05) is 38.5 Å². The first-order valence-electron chi connectivity index (χ1n) is 16.3. The average Bonchev–Trinajstić information content (AvgIpc) is 3.68. The molecule has 0 amide bonds. The molecule has 0 spiro atoms. The molecule has 0 aliphatic heterocycles. The molecule has 4 heterocycles. The highest BCUT2D eigenvalue weighted by molar-refractivity contribution is 6.19. The fourth-order valence-electron chi connectivity index (χ4n) is 7.30. The van der Waals surface area contributed by atoms with Crippen LogP contribution in [-0.2, 0) is 6.42 Å². The van der Waals surface area contributed by atoms with Gasteiger partial charge in [0.2, 0.25) is 5.95 Å². The number of rotatable bonds is 4. The summed E-state index contributed by atoms with van der Waals surface area (Å²) < 4.78 is 4.66. The first kappa shape index (κ1) is 26.8. The Balaban J connectivity index is 1.35. The van der Waals surface area contributed by atoms with Crippen molar-refractivity contribution in [2.75, 3.05) is 0 Å². The predicted octanol–water partition coefficient (Wildman–Crippen LogP) is 9.75. The van der Waals surface area contributed by atoms with Crippen molar-refractivity contribution in [1.29, 1.82) is 0 Å². The van der Waals surface area contributed by atoms with E-state index in [4.69, 9.17) is 19.9 Å². The average molecular weight is 617 g/mol. The van der Waals surface area contributed by atoms with Crippen LogP contribution in [0.1, 0.15) is 17.7 Å². The molecule has 1 aliphatic rings. The minimum atomic E-state index is 0.531. The summed E-state index contributed by atoms with van der Waals surface area (Å²) in [4.78, 5) is 20.5. The molecule has 6 heteroatoms.